The maximum atomic E-state index is 9.83. The number of halogens is 1. The molecule has 0 rings (SSSR count). The molecule has 0 spiro atoms. The third-order valence-corrected chi connectivity index (χ3v) is 1.71. The summed E-state index contributed by atoms with van der Waals surface area (Å²) in [5, 5.41) is 26.4. The molecule has 10 heavy (non-hydrogen) atoms. The molecule has 0 saturated carbocycles. The highest BCUT2D eigenvalue weighted by Gasteiger charge is 2.22. The smallest absolute Gasteiger partial charge is 0.151 e. The summed E-state index contributed by atoms with van der Waals surface area (Å²) in [4.78, 5) is 9.83. The second-order valence-electron chi connectivity index (χ2n) is 1.84. The molecule has 3 atom stereocenters. The van der Waals surface area contributed by atoms with Gasteiger partial charge < -0.3 is 20.1 Å². The molecule has 0 heterocycles. The van der Waals surface area contributed by atoms with Gasteiger partial charge in [0.15, 0.2) is 6.29 Å². The number of hydrogen-bond donors (Lipinski definition) is 3. The van der Waals surface area contributed by atoms with Gasteiger partial charge in [-0.3, -0.25) is 0 Å². The Morgan fingerprint density at radius 1 is 1.40 bits per heavy atom. The van der Waals surface area contributed by atoms with Crippen LogP contribution in [0.25, 0.3) is 0 Å². The summed E-state index contributed by atoms with van der Waals surface area (Å²) in [6.45, 7) is 0. The highest BCUT2D eigenvalue weighted by molar-refractivity contribution is 9.09. The van der Waals surface area contributed by atoms with Crippen molar-refractivity contribution in [1.29, 1.82) is 0 Å². The Morgan fingerprint density at radius 3 is 2.20 bits per heavy atom. The van der Waals surface area contributed by atoms with Crippen LogP contribution in [0.4, 0.5) is 0 Å². The molecule has 0 aromatic rings. The van der Waals surface area contributed by atoms with Crippen LogP contribution in [0.2, 0.25) is 0 Å². The fraction of sp³-hybridized carbons (Fsp3) is 0.800. The van der Waals surface area contributed by atoms with Crippen LogP contribution in [0.5, 0.6) is 0 Å². The van der Waals surface area contributed by atoms with Gasteiger partial charge in [0, 0.05) is 5.33 Å². The van der Waals surface area contributed by atoms with Crippen molar-refractivity contribution >= 4 is 22.2 Å². The third-order valence-electron chi connectivity index (χ3n) is 1.04. The number of alkyl halides is 1. The van der Waals surface area contributed by atoms with Crippen molar-refractivity contribution in [2.75, 3.05) is 5.33 Å². The molecule has 0 aliphatic rings. The van der Waals surface area contributed by atoms with Gasteiger partial charge in [0.25, 0.3) is 0 Å². The zero-order valence-electron chi connectivity index (χ0n) is 5.14. The molecule has 0 bridgehead atoms. The molecule has 0 radical (unpaired) electrons. The Balaban J connectivity index is 3.80. The van der Waals surface area contributed by atoms with Gasteiger partial charge in [0.2, 0.25) is 0 Å². The highest BCUT2D eigenvalue weighted by Crippen LogP contribution is 2.00. The average molecular weight is 213 g/mol. The molecule has 0 aliphatic carbocycles. The number of carbonyl (C=O) groups excluding carboxylic acids is 1. The van der Waals surface area contributed by atoms with Crippen LogP contribution in [0.3, 0.4) is 0 Å². The van der Waals surface area contributed by atoms with Crippen molar-refractivity contribution in [3.8, 4) is 0 Å². The van der Waals surface area contributed by atoms with Gasteiger partial charge in [-0.25, -0.2) is 0 Å². The van der Waals surface area contributed by atoms with E-state index in [4.69, 9.17) is 15.3 Å². The fourth-order valence-corrected chi connectivity index (χ4v) is 0.782. The van der Waals surface area contributed by atoms with Crippen molar-refractivity contribution < 1.29 is 20.1 Å². The first kappa shape index (κ1) is 10.0. The van der Waals surface area contributed by atoms with Crippen molar-refractivity contribution in [2.24, 2.45) is 0 Å². The Kier molecular flexibility index (Phi) is 4.80. The van der Waals surface area contributed by atoms with Gasteiger partial charge >= 0.3 is 0 Å². The lowest BCUT2D eigenvalue weighted by Gasteiger charge is -2.16. The standard InChI is InChI=1S/C5H9BrO4/c6-1-3(8)5(10)4(9)2-7/h2-5,8-10H,1H2. The van der Waals surface area contributed by atoms with Gasteiger partial charge in [-0.15, -0.1) is 0 Å². The van der Waals surface area contributed by atoms with Gasteiger partial charge in [-0.1, -0.05) is 15.9 Å². The number of aliphatic hydroxyl groups is 3. The van der Waals surface area contributed by atoms with E-state index in [0.717, 1.165) is 0 Å². The molecule has 0 fully saturated rings. The van der Waals surface area contributed by atoms with E-state index in [1.165, 1.54) is 0 Å². The first-order valence-corrected chi connectivity index (χ1v) is 3.81. The molecule has 5 heteroatoms. The summed E-state index contributed by atoms with van der Waals surface area (Å²) in [7, 11) is 0. The number of hydrogen-bond acceptors (Lipinski definition) is 4. The largest absolute Gasteiger partial charge is 0.389 e. The summed E-state index contributed by atoms with van der Waals surface area (Å²) in [6.07, 6.45) is -3.85. The van der Waals surface area contributed by atoms with E-state index in [2.05, 4.69) is 15.9 Å². The molecule has 3 N–H and O–H groups in total. The van der Waals surface area contributed by atoms with Crippen molar-refractivity contribution in [3.63, 3.8) is 0 Å². The van der Waals surface area contributed by atoms with E-state index in [1.807, 2.05) is 0 Å². The van der Waals surface area contributed by atoms with Gasteiger partial charge in [0.05, 0.1) is 6.10 Å². The monoisotopic (exact) mass is 212 g/mol. The van der Waals surface area contributed by atoms with Crippen LogP contribution in [0.1, 0.15) is 0 Å². The van der Waals surface area contributed by atoms with E-state index in [9.17, 15) is 4.79 Å². The summed E-state index contributed by atoms with van der Waals surface area (Å²) in [6, 6.07) is 0. The number of aliphatic hydroxyl groups excluding tert-OH is 3. The predicted octanol–water partition coefficient (Wildman–Crippen LogP) is -1.34. The van der Waals surface area contributed by atoms with E-state index >= 15 is 0 Å². The summed E-state index contributed by atoms with van der Waals surface area (Å²) in [5.74, 6) is 0. The van der Waals surface area contributed by atoms with Crippen molar-refractivity contribution in [3.05, 3.63) is 0 Å². The SMILES string of the molecule is O=CC(O)C(O)C(O)CBr. The molecule has 0 amide bonds. The Bertz CT molecular complexity index is 108. The first-order chi connectivity index (χ1) is 4.63. The molecular weight excluding hydrogens is 204 g/mol. The van der Waals surface area contributed by atoms with E-state index in [-0.39, 0.29) is 11.6 Å². The van der Waals surface area contributed by atoms with Gasteiger partial charge in [-0.05, 0) is 0 Å². The number of aldehydes is 1. The van der Waals surface area contributed by atoms with Crippen molar-refractivity contribution in [1.82, 2.24) is 0 Å². The quantitative estimate of drug-likeness (QED) is 0.399. The maximum Gasteiger partial charge on any atom is 0.151 e. The van der Waals surface area contributed by atoms with E-state index < -0.39 is 18.3 Å². The molecule has 0 aromatic heterocycles. The Hall–Kier alpha value is 0.0300. The second kappa shape index (κ2) is 4.79. The van der Waals surface area contributed by atoms with Crippen LogP contribution in [-0.4, -0.2) is 45.2 Å². The normalized spacial score (nSPS) is 19.6. The Morgan fingerprint density at radius 2 is 1.90 bits per heavy atom. The molecule has 4 nitrogen and oxygen atoms in total. The molecule has 60 valence electrons. The average Bonchev–Trinajstić information content (AvgIpc) is 2.00. The van der Waals surface area contributed by atoms with Crippen LogP contribution in [-0.2, 0) is 4.79 Å². The minimum Gasteiger partial charge on any atom is -0.389 e. The number of rotatable bonds is 4. The summed E-state index contributed by atoms with van der Waals surface area (Å²) < 4.78 is 0. The van der Waals surface area contributed by atoms with E-state index in [1.54, 1.807) is 0 Å². The second-order valence-corrected chi connectivity index (χ2v) is 2.49. The van der Waals surface area contributed by atoms with Gasteiger partial charge in [-0.2, -0.15) is 0 Å². The molecule has 3 unspecified atom stereocenters. The zero-order valence-corrected chi connectivity index (χ0v) is 6.73. The van der Waals surface area contributed by atoms with Crippen LogP contribution >= 0.6 is 15.9 Å². The number of carbonyl (C=O) groups is 1. The molecule has 0 saturated heterocycles. The topological polar surface area (TPSA) is 77.8 Å². The summed E-state index contributed by atoms with van der Waals surface area (Å²) in [5.41, 5.74) is 0. The molecular formula is C5H9BrO4. The lowest BCUT2D eigenvalue weighted by molar-refractivity contribution is -0.124. The van der Waals surface area contributed by atoms with Crippen LogP contribution in [0.15, 0.2) is 0 Å². The van der Waals surface area contributed by atoms with E-state index in [0.29, 0.717) is 0 Å². The minimum atomic E-state index is -1.51. The third kappa shape index (κ3) is 2.74. The van der Waals surface area contributed by atoms with Crippen LogP contribution < -0.4 is 0 Å². The predicted molar refractivity (Wildman–Crippen MR) is 37.9 cm³/mol. The zero-order chi connectivity index (χ0) is 8.15. The van der Waals surface area contributed by atoms with Crippen molar-refractivity contribution in [2.45, 2.75) is 18.3 Å². The summed E-state index contributed by atoms with van der Waals surface area (Å²) >= 11 is 2.88. The lowest BCUT2D eigenvalue weighted by Crippen LogP contribution is -2.39. The minimum absolute atomic E-state index is 0.124. The van der Waals surface area contributed by atoms with Gasteiger partial charge in [0.1, 0.15) is 12.2 Å². The first-order valence-electron chi connectivity index (χ1n) is 2.69. The lowest BCUT2D eigenvalue weighted by atomic mass is 10.1. The molecule has 0 aliphatic heterocycles. The molecule has 0 aromatic carbocycles. The Labute approximate surface area is 66.6 Å². The highest BCUT2D eigenvalue weighted by atomic mass is 79.9. The maximum absolute atomic E-state index is 9.83. The van der Waals surface area contributed by atoms with Crippen LogP contribution in [0, 0.1) is 0 Å². The fourth-order valence-electron chi connectivity index (χ4n) is 0.399.